The molecule has 5 heterocycles. The summed E-state index contributed by atoms with van der Waals surface area (Å²) in [4.78, 5) is 36.4. The molecule has 39 heavy (non-hydrogen) atoms. The van der Waals surface area contributed by atoms with Gasteiger partial charge >= 0.3 is 6.03 Å². The van der Waals surface area contributed by atoms with Crippen LogP contribution in [0.2, 0.25) is 0 Å². The van der Waals surface area contributed by atoms with E-state index in [1.54, 1.807) is 11.3 Å². The van der Waals surface area contributed by atoms with Crippen LogP contribution >= 0.6 is 11.3 Å². The second kappa shape index (κ2) is 10.5. The third kappa shape index (κ3) is 4.99. The number of hydrogen-bond acceptors (Lipinski definition) is 6. The number of amides is 2. The SMILES string of the molecule is CCN(CC)C(=O)N1CCc2sc(-c3nc(Nc4ccc(Cn5ccnc5C)cc4)nc4[nH]ccc34)cc2C1. The molecule has 9 nitrogen and oxygen atoms in total. The molecule has 0 unspecified atom stereocenters. The predicted octanol–water partition coefficient (Wildman–Crippen LogP) is 5.80. The number of nitrogens with one attached hydrogen (secondary N) is 2. The summed E-state index contributed by atoms with van der Waals surface area (Å²) in [6, 6.07) is 12.7. The first-order chi connectivity index (χ1) is 19.0. The number of benzene rings is 1. The molecule has 1 aliphatic heterocycles. The van der Waals surface area contributed by atoms with Crippen LogP contribution < -0.4 is 5.32 Å². The topological polar surface area (TPSA) is 95.0 Å². The Balaban J connectivity index is 1.24. The number of nitrogens with zero attached hydrogens (tertiary/aromatic N) is 6. The molecule has 2 N–H and O–H groups in total. The Hall–Kier alpha value is -4.18. The number of hydrogen-bond donors (Lipinski definition) is 2. The number of anilines is 2. The number of imidazole rings is 1. The number of H-pyrrole nitrogens is 1. The highest BCUT2D eigenvalue weighted by atomic mass is 32.1. The van der Waals surface area contributed by atoms with Gasteiger partial charge in [0.15, 0.2) is 0 Å². The van der Waals surface area contributed by atoms with Crippen LogP contribution in [0.15, 0.2) is 55.0 Å². The van der Waals surface area contributed by atoms with Gasteiger partial charge in [-0.3, -0.25) is 0 Å². The summed E-state index contributed by atoms with van der Waals surface area (Å²) in [5.41, 5.74) is 5.02. The van der Waals surface area contributed by atoms with Crippen molar-refractivity contribution < 1.29 is 4.79 Å². The number of fused-ring (bicyclic) bond motifs is 2. The highest BCUT2D eigenvalue weighted by Gasteiger charge is 2.26. The smallest absolute Gasteiger partial charge is 0.320 e. The Labute approximate surface area is 231 Å². The first kappa shape index (κ1) is 25.1. The Morgan fingerprint density at radius 1 is 1.15 bits per heavy atom. The van der Waals surface area contributed by atoms with Crippen molar-refractivity contribution in [3.05, 3.63) is 76.8 Å². The van der Waals surface area contributed by atoms with Crippen LogP contribution in [-0.4, -0.2) is 60.0 Å². The summed E-state index contributed by atoms with van der Waals surface area (Å²) in [6.07, 6.45) is 6.58. The lowest BCUT2D eigenvalue weighted by atomic mass is 10.1. The van der Waals surface area contributed by atoms with Gasteiger partial charge in [0.1, 0.15) is 11.5 Å². The van der Waals surface area contributed by atoms with E-state index >= 15 is 0 Å². The van der Waals surface area contributed by atoms with Crippen LogP contribution in [0.4, 0.5) is 16.4 Å². The zero-order valence-electron chi connectivity index (χ0n) is 22.4. The maximum atomic E-state index is 12.9. The normalized spacial score (nSPS) is 13.1. The molecule has 4 aromatic heterocycles. The largest absolute Gasteiger partial charge is 0.346 e. The van der Waals surface area contributed by atoms with Gasteiger partial charge in [0.05, 0.1) is 10.6 Å². The molecule has 0 saturated heterocycles. The van der Waals surface area contributed by atoms with Gasteiger partial charge in [0.25, 0.3) is 0 Å². The minimum absolute atomic E-state index is 0.117. The van der Waals surface area contributed by atoms with Crippen molar-refractivity contribution in [1.82, 2.24) is 34.3 Å². The van der Waals surface area contributed by atoms with E-state index in [1.165, 1.54) is 16.0 Å². The molecular formula is C29H32N8OS. The minimum atomic E-state index is 0.117. The lowest BCUT2D eigenvalue weighted by Gasteiger charge is -2.31. The summed E-state index contributed by atoms with van der Waals surface area (Å²) in [6.45, 7) is 9.67. The van der Waals surface area contributed by atoms with Crippen molar-refractivity contribution >= 4 is 40.0 Å². The van der Waals surface area contributed by atoms with Crippen molar-refractivity contribution in [3.8, 4) is 10.6 Å². The first-order valence-corrected chi connectivity index (χ1v) is 14.2. The maximum absolute atomic E-state index is 12.9. The van der Waals surface area contributed by atoms with E-state index in [1.807, 2.05) is 55.2 Å². The fourth-order valence-corrected chi connectivity index (χ4v) is 6.25. The fraction of sp³-hybridized carbons (Fsp3) is 0.310. The highest BCUT2D eigenvalue weighted by Crippen LogP contribution is 2.37. The number of thiophene rings is 1. The van der Waals surface area contributed by atoms with Crippen LogP contribution in [0, 0.1) is 6.92 Å². The zero-order chi connectivity index (χ0) is 26.9. The molecule has 200 valence electrons. The Morgan fingerprint density at radius 2 is 1.97 bits per heavy atom. The molecule has 0 aliphatic carbocycles. The molecular weight excluding hydrogens is 508 g/mol. The molecule has 1 aromatic carbocycles. The van der Waals surface area contributed by atoms with Gasteiger partial charge in [-0.2, -0.15) is 4.98 Å². The lowest BCUT2D eigenvalue weighted by Crippen LogP contribution is -2.44. The summed E-state index contributed by atoms with van der Waals surface area (Å²) in [7, 11) is 0. The summed E-state index contributed by atoms with van der Waals surface area (Å²) in [5.74, 6) is 1.54. The van der Waals surface area contributed by atoms with Gasteiger partial charge in [-0.05, 0) is 62.6 Å². The monoisotopic (exact) mass is 540 g/mol. The molecule has 0 spiro atoms. The molecule has 1 aliphatic rings. The van der Waals surface area contributed by atoms with E-state index < -0.39 is 0 Å². The molecule has 10 heteroatoms. The molecule has 0 saturated carbocycles. The highest BCUT2D eigenvalue weighted by molar-refractivity contribution is 7.15. The van der Waals surface area contributed by atoms with E-state index in [2.05, 4.69) is 50.2 Å². The van der Waals surface area contributed by atoms with Gasteiger partial charge in [0, 0.05) is 67.3 Å². The van der Waals surface area contributed by atoms with E-state index in [0.29, 0.717) is 12.5 Å². The van der Waals surface area contributed by atoms with Gasteiger partial charge in [-0.15, -0.1) is 11.3 Å². The summed E-state index contributed by atoms with van der Waals surface area (Å²) >= 11 is 1.77. The van der Waals surface area contributed by atoms with Crippen LogP contribution in [0.25, 0.3) is 21.6 Å². The minimum Gasteiger partial charge on any atom is -0.346 e. The molecule has 0 atom stereocenters. The van der Waals surface area contributed by atoms with Crippen LogP contribution in [0.5, 0.6) is 0 Å². The van der Waals surface area contributed by atoms with Gasteiger partial charge < -0.3 is 24.7 Å². The lowest BCUT2D eigenvalue weighted by molar-refractivity contribution is 0.152. The average Bonchev–Trinajstić information content (AvgIpc) is 3.69. The van der Waals surface area contributed by atoms with E-state index in [-0.39, 0.29) is 6.03 Å². The van der Waals surface area contributed by atoms with E-state index in [0.717, 1.165) is 65.7 Å². The predicted molar refractivity (Wildman–Crippen MR) is 155 cm³/mol. The van der Waals surface area contributed by atoms with Gasteiger partial charge in [0.2, 0.25) is 5.95 Å². The average molecular weight is 541 g/mol. The number of urea groups is 1. The second-order valence-electron chi connectivity index (χ2n) is 9.75. The van der Waals surface area contributed by atoms with Crippen molar-refractivity contribution in [1.29, 1.82) is 0 Å². The van der Waals surface area contributed by atoms with E-state index in [9.17, 15) is 4.79 Å². The number of rotatable bonds is 7. The summed E-state index contributed by atoms with van der Waals surface area (Å²) < 4.78 is 2.12. The number of aromatic nitrogens is 5. The Morgan fingerprint density at radius 3 is 2.72 bits per heavy atom. The fourth-order valence-electron chi connectivity index (χ4n) is 5.08. The van der Waals surface area contributed by atoms with Crippen molar-refractivity contribution in [2.45, 2.75) is 40.3 Å². The molecule has 2 amide bonds. The number of aryl methyl sites for hydroxylation is 1. The zero-order valence-corrected chi connectivity index (χ0v) is 23.3. The van der Waals surface area contributed by atoms with Crippen LogP contribution in [0.1, 0.15) is 35.7 Å². The number of carbonyl (C=O) groups is 1. The van der Waals surface area contributed by atoms with Crippen molar-refractivity contribution in [2.24, 2.45) is 0 Å². The number of carbonyl (C=O) groups excluding carboxylic acids is 1. The van der Waals surface area contributed by atoms with Gasteiger partial charge in [-0.1, -0.05) is 12.1 Å². The Kier molecular flexibility index (Phi) is 6.78. The Bertz CT molecular complexity index is 1610. The molecule has 6 rings (SSSR count). The molecule has 0 fully saturated rings. The van der Waals surface area contributed by atoms with Crippen LogP contribution in [0.3, 0.4) is 0 Å². The number of aromatic amines is 1. The van der Waals surface area contributed by atoms with Crippen molar-refractivity contribution in [3.63, 3.8) is 0 Å². The third-order valence-electron chi connectivity index (χ3n) is 7.31. The van der Waals surface area contributed by atoms with Gasteiger partial charge in [-0.25, -0.2) is 14.8 Å². The second-order valence-corrected chi connectivity index (χ2v) is 10.9. The molecule has 5 aromatic rings. The van der Waals surface area contributed by atoms with Crippen LogP contribution in [-0.2, 0) is 19.5 Å². The third-order valence-corrected chi connectivity index (χ3v) is 8.55. The molecule has 0 radical (unpaired) electrons. The summed E-state index contributed by atoms with van der Waals surface area (Å²) in [5, 5.41) is 4.37. The standard InChI is InChI=1S/C29H32N8OS/c1-4-35(5-2)29(38)37-14-11-24-21(18-37)16-25(39-24)26-23-10-12-31-27(23)34-28(33-26)32-22-8-6-20(7-9-22)17-36-15-13-30-19(36)3/h6-10,12-13,15-16H,4-5,11,14,17-18H2,1-3H3,(H2,31,32,33,34). The quantitative estimate of drug-likeness (QED) is 0.272. The maximum Gasteiger partial charge on any atom is 0.320 e. The van der Waals surface area contributed by atoms with E-state index in [4.69, 9.17) is 9.97 Å². The first-order valence-electron chi connectivity index (χ1n) is 13.4. The van der Waals surface area contributed by atoms with Crippen molar-refractivity contribution in [2.75, 3.05) is 25.0 Å². The molecule has 0 bridgehead atoms.